The number of hydrogen-bond acceptors (Lipinski definition) is 3. The molecule has 0 saturated heterocycles. The Morgan fingerprint density at radius 2 is 1.81 bits per heavy atom. The highest BCUT2D eigenvalue weighted by Gasteiger charge is 2.09. The third-order valence-corrected chi connectivity index (χ3v) is 2.98. The fourth-order valence-corrected chi connectivity index (χ4v) is 2.08. The molecule has 2 aromatic rings. The van der Waals surface area contributed by atoms with Crippen molar-refractivity contribution in [1.82, 2.24) is 5.32 Å². The lowest BCUT2D eigenvalue weighted by atomic mass is 10.1. The summed E-state index contributed by atoms with van der Waals surface area (Å²) in [6, 6.07) is 13.8. The van der Waals surface area contributed by atoms with Crippen molar-refractivity contribution in [2.75, 3.05) is 6.61 Å². The van der Waals surface area contributed by atoms with Crippen molar-refractivity contribution in [2.24, 2.45) is 0 Å². The van der Waals surface area contributed by atoms with Crippen LogP contribution in [0.1, 0.15) is 19.4 Å². The molecule has 1 amide bonds. The minimum atomic E-state index is -0.399. The van der Waals surface area contributed by atoms with E-state index in [-0.39, 0.29) is 25.0 Å². The quantitative estimate of drug-likeness (QED) is 0.859. The summed E-state index contributed by atoms with van der Waals surface area (Å²) in [5.74, 6) is -0.680. The Balaban J connectivity index is 1.90. The predicted octanol–water partition coefficient (Wildman–Crippen LogP) is 2.45. The normalized spacial score (nSPS) is 10.6. The molecule has 0 radical (unpaired) electrons. The van der Waals surface area contributed by atoms with Gasteiger partial charge in [0.25, 0.3) is 5.91 Å². The molecule has 0 saturated carbocycles. The Bertz CT molecular complexity index is 649. The van der Waals surface area contributed by atoms with E-state index in [0.717, 1.165) is 16.3 Å². The van der Waals surface area contributed by atoms with Crippen molar-refractivity contribution in [2.45, 2.75) is 26.3 Å². The highest BCUT2D eigenvalue weighted by Crippen LogP contribution is 2.16. The van der Waals surface area contributed by atoms with E-state index in [2.05, 4.69) is 5.32 Å². The van der Waals surface area contributed by atoms with Crippen LogP contribution in [0.15, 0.2) is 42.5 Å². The van der Waals surface area contributed by atoms with Crippen LogP contribution >= 0.6 is 0 Å². The molecule has 0 spiro atoms. The van der Waals surface area contributed by atoms with Crippen LogP contribution < -0.4 is 5.32 Å². The average Bonchev–Trinajstić information content (AvgIpc) is 2.44. The molecule has 0 fully saturated rings. The molecule has 0 aliphatic rings. The number of benzene rings is 2. The molecule has 0 heterocycles. The molecular formula is C17H19NO3. The Morgan fingerprint density at radius 3 is 2.52 bits per heavy atom. The molecule has 0 unspecified atom stereocenters. The van der Waals surface area contributed by atoms with E-state index in [0.29, 0.717) is 0 Å². The number of carbonyl (C=O) groups excluding carboxylic acids is 2. The van der Waals surface area contributed by atoms with E-state index in [1.807, 2.05) is 56.3 Å². The van der Waals surface area contributed by atoms with Crippen molar-refractivity contribution in [3.8, 4) is 0 Å². The maximum absolute atomic E-state index is 11.7. The van der Waals surface area contributed by atoms with E-state index in [9.17, 15) is 9.59 Å². The molecule has 2 aromatic carbocycles. The van der Waals surface area contributed by atoms with Crippen LogP contribution in [0.2, 0.25) is 0 Å². The van der Waals surface area contributed by atoms with Gasteiger partial charge in [0, 0.05) is 6.04 Å². The third kappa shape index (κ3) is 4.60. The number of carbonyl (C=O) groups is 2. The van der Waals surface area contributed by atoms with Gasteiger partial charge in [0.1, 0.15) is 0 Å². The Hall–Kier alpha value is -2.36. The molecule has 4 nitrogen and oxygen atoms in total. The summed E-state index contributed by atoms with van der Waals surface area (Å²) >= 11 is 0. The molecule has 0 bridgehead atoms. The van der Waals surface area contributed by atoms with Gasteiger partial charge in [0.15, 0.2) is 6.61 Å². The van der Waals surface area contributed by atoms with Crippen LogP contribution in [0.4, 0.5) is 0 Å². The maximum atomic E-state index is 11.7. The van der Waals surface area contributed by atoms with E-state index in [4.69, 9.17) is 4.74 Å². The van der Waals surface area contributed by atoms with Gasteiger partial charge in [0.2, 0.25) is 0 Å². The van der Waals surface area contributed by atoms with E-state index < -0.39 is 5.97 Å². The number of fused-ring (bicyclic) bond motifs is 1. The van der Waals surface area contributed by atoms with Crippen molar-refractivity contribution < 1.29 is 14.3 Å². The van der Waals surface area contributed by atoms with Gasteiger partial charge < -0.3 is 10.1 Å². The summed E-state index contributed by atoms with van der Waals surface area (Å²) in [7, 11) is 0. The standard InChI is InChI=1S/C17H19NO3/c1-12(2)18-16(19)11-21-17(20)10-13-7-8-14-5-3-4-6-15(14)9-13/h3-9,12H,10-11H2,1-2H3,(H,18,19). The fourth-order valence-electron chi connectivity index (χ4n) is 2.08. The summed E-state index contributed by atoms with van der Waals surface area (Å²) in [6.45, 7) is 3.48. The van der Waals surface area contributed by atoms with Crippen LogP contribution in [0.3, 0.4) is 0 Å². The van der Waals surface area contributed by atoms with Gasteiger partial charge in [-0.2, -0.15) is 0 Å². The lowest BCUT2D eigenvalue weighted by Crippen LogP contribution is -2.34. The summed E-state index contributed by atoms with van der Waals surface area (Å²) in [6.07, 6.45) is 0.166. The lowest BCUT2D eigenvalue weighted by Gasteiger charge is -2.09. The second-order valence-corrected chi connectivity index (χ2v) is 5.24. The topological polar surface area (TPSA) is 55.4 Å². The first-order valence-electron chi connectivity index (χ1n) is 6.97. The first-order chi connectivity index (χ1) is 10.0. The lowest BCUT2D eigenvalue weighted by molar-refractivity contribution is -0.148. The number of hydrogen-bond donors (Lipinski definition) is 1. The molecule has 21 heavy (non-hydrogen) atoms. The summed E-state index contributed by atoms with van der Waals surface area (Å²) < 4.78 is 4.97. The Labute approximate surface area is 124 Å². The zero-order chi connectivity index (χ0) is 15.2. The number of amides is 1. The third-order valence-electron chi connectivity index (χ3n) is 2.98. The molecule has 110 valence electrons. The largest absolute Gasteiger partial charge is 0.455 e. The van der Waals surface area contributed by atoms with E-state index >= 15 is 0 Å². The second-order valence-electron chi connectivity index (χ2n) is 5.24. The average molecular weight is 285 g/mol. The first kappa shape index (κ1) is 15.0. The predicted molar refractivity (Wildman–Crippen MR) is 81.9 cm³/mol. The van der Waals surface area contributed by atoms with E-state index in [1.165, 1.54) is 0 Å². The zero-order valence-corrected chi connectivity index (χ0v) is 12.3. The van der Waals surface area contributed by atoms with Crippen molar-refractivity contribution in [1.29, 1.82) is 0 Å². The minimum absolute atomic E-state index is 0.0386. The van der Waals surface area contributed by atoms with Gasteiger partial charge in [-0.1, -0.05) is 42.5 Å². The van der Waals surface area contributed by atoms with Crippen LogP contribution in [-0.4, -0.2) is 24.5 Å². The number of nitrogens with one attached hydrogen (secondary N) is 1. The monoisotopic (exact) mass is 285 g/mol. The van der Waals surface area contributed by atoms with Crippen LogP contribution in [0.25, 0.3) is 10.8 Å². The molecule has 0 aliphatic carbocycles. The SMILES string of the molecule is CC(C)NC(=O)COC(=O)Cc1ccc2ccccc2c1. The molecule has 1 N–H and O–H groups in total. The molecule has 2 rings (SSSR count). The van der Waals surface area contributed by atoms with Crippen LogP contribution in [0.5, 0.6) is 0 Å². The number of ether oxygens (including phenoxy) is 1. The highest BCUT2D eigenvalue weighted by atomic mass is 16.5. The number of esters is 1. The zero-order valence-electron chi connectivity index (χ0n) is 12.3. The molecule has 0 aliphatic heterocycles. The smallest absolute Gasteiger partial charge is 0.310 e. The molecular weight excluding hydrogens is 266 g/mol. The minimum Gasteiger partial charge on any atom is -0.455 e. The van der Waals surface area contributed by atoms with Gasteiger partial charge in [-0.05, 0) is 30.2 Å². The fraction of sp³-hybridized carbons (Fsp3) is 0.294. The van der Waals surface area contributed by atoms with Gasteiger partial charge in [-0.15, -0.1) is 0 Å². The molecule has 0 atom stereocenters. The Kier molecular flexibility index (Phi) is 4.93. The van der Waals surface area contributed by atoms with Gasteiger partial charge >= 0.3 is 5.97 Å². The van der Waals surface area contributed by atoms with Crippen LogP contribution in [0, 0.1) is 0 Å². The summed E-state index contributed by atoms with van der Waals surface area (Å²) in [5.41, 5.74) is 0.878. The summed E-state index contributed by atoms with van der Waals surface area (Å²) in [5, 5.41) is 4.88. The summed E-state index contributed by atoms with van der Waals surface area (Å²) in [4.78, 5) is 23.1. The first-order valence-corrected chi connectivity index (χ1v) is 6.97. The molecule has 0 aromatic heterocycles. The van der Waals surface area contributed by atoms with Crippen molar-refractivity contribution >= 4 is 22.6 Å². The number of rotatable bonds is 5. The maximum Gasteiger partial charge on any atom is 0.310 e. The highest BCUT2D eigenvalue weighted by molar-refractivity contribution is 5.85. The molecule has 4 heteroatoms. The van der Waals surface area contributed by atoms with E-state index in [1.54, 1.807) is 0 Å². The van der Waals surface area contributed by atoms with Crippen molar-refractivity contribution in [3.63, 3.8) is 0 Å². The van der Waals surface area contributed by atoms with Gasteiger partial charge in [-0.25, -0.2) is 0 Å². The van der Waals surface area contributed by atoms with Crippen LogP contribution in [-0.2, 0) is 20.7 Å². The van der Waals surface area contributed by atoms with Crippen molar-refractivity contribution in [3.05, 3.63) is 48.0 Å². The van der Waals surface area contributed by atoms with Gasteiger partial charge in [0.05, 0.1) is 6.42 Å². The second kappa shape index (κ2) is 6.88. The van der Waals surface area contributed by atoms with Gasteiger partial charge in [-0.3, -0.25) is 9.59 Å². The Morgan fingerprint density at radius 1 is 1.10 bits per heavy atom.